The van der Waals surface area contributed by atoms with Crippen molar-refractivity contribution in [2.24, 2.45) is 0 Å². The minimum atomic E-state index is -0.580. The molecule has 0 aliphatic carbocycles. The van der Waals surface area contributed by atoms with Crippen LogP contribution in [0, 0.1) is 6.92 Å². The molecule has 2 N–H and O–H groups in total. The first-order valence-corrected chi connectivity index (χ1v) is 8.19. The summed E-state index contributed by atoms with van der Waals surface area (Å²) in [4.78, 5) is 0. The molecule has 0 aliphatic rings. The van der Waals surface area contributed by atoms with Gasteiger partial charge in [0.2, 0.25) is 0 Å². The van der Waals surface area contributed by atoms with Gasteiger partial charge in [-0.15, -0.1) is 0 Å². The maximum absolute atomic E-state index is 9.97. The van der Waals surface area contributed by atoms with Crippen LogP contribution in [0.1, 0.15) is 5.56 Å². The summed E-state index contributed by atoms with van der Waals surface area (Å²) < 4.78 is 7.53. The van der Waals surface area contributed by atoms with E-state index in [1.807, 2.05) is 49.4 Å². The molecule has 3 nitrogen and oxygen atoms in total. The van der Waals surface area contributed by atoms with Crippen LogP contribution in [0.5, 0.6) is 5.75 Å². The minimum absolute atomic E-state index is 0.246. The SMILES string of the molecule is Cc1cc(Br)cc(NCC(O)COc2cccc(Br)c2)c1. The lowest BCUT2D eigenvalue weighted by atomic mass is 10.2. The summed E-state index contributed by atoms with van der Waals surface area (Å²) in [7, 11) is 0. The molecule has 0 saturated heterocycles. The van der Waals surface area contributed by atoms with Gasteiger partial charge >= 0.3 is 0 Å². The van der Waals surface area contributed by atoms with Gasteiger partial charge in [0.1, 0.15) is 18.5 Å². The third-order valence-electron chi connectivity index (χ3n) is 2.82. The number of anilines is 1. The number of ether oxygens (including phenoxy) is 1. The van der Waals surface area contributed by atoms with Gasteiger partial charge in [-0.25, -0.2) is 0 Å². The number of benzene rings is 2. The van der Waals surface area contributed by atoms with E-state index in [2.05, 4.69) is 37.2 Å². The van der Waals surface area contributed by atoms with Crippen molar-refractivity contribution in [3.8, 4) is 5.75 Å². The van der Waals surface area contributed by atoms with Crippen LogP contribution in [0.2, 0.25) is 0 Å². The van der Waals surface area contributed by atoms with Gasteiger partial charge in [-0.1, -0.05) is 37.9 Å². The number of nitrogens with one attached hydrogen (secondary N) is 1. The van der Waals surface area contributed by atoms with Crippen LogP contribution in [0.3, 0.4) is 0 Å². The average Bonchev–Trinajstić information content (AvgIpc) is 2.42. The fourth-order valence-electron chi connectivity index (χ4n) is 1.88. The van der Waals surface area contributed by atoms with Crippen LogP contribution in [0.25, 0.3) is 0 Å². The molecule has 2 rings (SSSR count). The molecule has 0 aliphatic heterocycles. The Bertz CT molecular complexity index is 584. The molecular formula is C16H17Br2NO2. The van der Waals surface area contributed by atoms with E-state index < -0.39 is 6.10 Å². The van der Waals surface area contributed by atoms with E-state index in [4.69, 9.17) is 4.74 Å². The van der Waals surface area contributed by atoms with Crippen molar-refractivity contribution in [2.45, 2.75) is 13.0 Å². The highest BCUT2D eigenvalue weighted by atomic mass is 79.9. The van der Waals surface area contributed by atoms with Crippen molar-refractivity contribution in [2.75, 3.05) is 18.5 Å². The quantitative estimate of drug-likeness (QED) is 0.737. The molecule has 0 heterocycles. The molecule has 1 atom stereocenters. The van der Waals surface area contributed by atoms with E-state index in [0.29, 0.717) is 6.54 Å². The molecule has 5 heteroatoms. The average molecular weight is 415 g/mol. The van der Waals surface area contributed by atoms with Crippen molar-refractivity contribution in [1.82, 2.24) is 0 Å². The zero-order valence-corrected chi connectivity index (χ0v) is 14.8. The fourth-order valence-corrected chi connectivity index (χ4v) is 2.87. The lowest BCUT2D eigenvalue weighted by molar-refractivity contribution is 0.117. The molecule has 0 amide bonds. The largest absolute Gasteiger partial charge is 0.491 e. The third-order valence-corrected chi connectivity index (χ3v) is 3.77. The molecule has 0 fully saturated rings. The molecule has 21 heavy (non-hydrogen) atoms. The minimum Gasteiger partial charge on any atom is -0.491 e. The summed E-state index contributed by atoms with van der Waals surface area (Å²) in [6, 6.07) is 13.6. The van der Waals surface area contributed by atoms with E-state index >= 15 is 0 Å². The number of halogens is 2. The maximum Gasteiger partial charge on any atom is 0.120 e. The van der Waals surface area contributed by atoms with Gasteiger partial charge in [-0.3, -0.25) is 0 Å². The molecular weight excluding hydrogens is 398 g/mol. The smallest absolute Gasteiger partial charge is 0.120 e. The van der Waals surface area contributed by atoms with E-state index in [1.165, 1.54) is 0 Å². The summed E-state index contributed by atoms with van der Waals surface area (Å²) in [5.41, 5.74) is 2.13. The zero-order chi connectivity index (χ0) is 15.2. The van der Waals surface area contributed by atoms with E-state index in [9.17, 15) is 5.11 Å². The summed E-state index contributed by atoms with van der Waals surface area (Å²) in [5.74, 6) is 0.738. The highest BCUT2D eigenvalue weighted by Crippen LogP contribution is 2.19. The predicted molar refractivity (Wildman–Crippen MR) is 93.0 cm³/mol. The lowest BCUT2D eigenvalue weighted by Crippen LogP contribution is -2.26. The van der Waals surface area contributed by atoms with Crippen LogP contribution < -0.4 is 10.1 Å². The molecule has 0 saturated carbocycles. The van der Waals surface area contributed by atoms with E-state index in [0.717, 1.165) is 25.9 Å². The van der Waals surface area contributed by atoms with Gasteiger partial charge in [-0.05, 0) is 48.9 Å². The van der Waals surface area contributed by atoms with Crippen molar-refractivity contribution in [1.29, 1.82) is 0 Å². The summed E-state index contributed by atoms with van der Waals surface area (Å²) in [6.07, 6.45) is -0.580. The van der Waals surface area contributed by atoms with Crippen LogP contribution in [0.4, 0.5) is 5.69 Å². The van der Waals surface area contributed by atoms with Gasteiger partial charge in [0.15, 0.2) is 0 Å². The Morgan fingerprint density at radius 3 is 2.67 bits per heavy atom. The topological polar surface area (TPSA) is 41.5 Å². The maximum atomic E-state index is 9.97. The normalized spacial score (nSPS) is 12.0. The van der Waals surface area contributed by atoms with Crippen molar-refractivity contribution in [3.63, 3.8) is 0 Å². The van der Waals surface area contributed by atoms with Crippen LogP contribution in [0.15, 0.2) is 51.4 Å². The van der Waals surface area contributed by atoms with Gasteiger partial charge in [0.05, 0.1) is 0 Å². The number of hydrogen-bond acceptors (Lipinski definition) is 3. The second-order valence-corrected chi connectivity index (χ2v) is 6.65. The lowest BCUT2D eigenvalue weighted by Gasteiger charge is -2.14. The monoisotopic (exact) mass is 413 g/mol. The van der Waals surface area contributed by atoms with Gasteiger partial charge < -0.3 is 15.2 Å². The number of aryl methyl sites for hydroxylation is 1. The molecule has 0 bridgehead atoms. The van der Waals surface area contributed by atoms with Crippen LogP contribution in [-0.2, 0) is 0 Å². The zero-order valence-electron chi connectivity index (χ0n) is 11.6. The number of aliphatic hydroxyl groups excluding tert-OH is 1. The molecule has 2 aromatic carbocycles. The second-order valence-electron chi connectivity index (χ2n) is 4.82. The molecule has 1 unspecified atom stereocenters. The van der Waals surface area contributed by atoms with Crippen LogP contribution in [-0.4, -0.2) is 24.4 Å². The summed E-state index contributed by atoms with van der Waals surface area (Å²) in [5, 5.41) is 13.2. The Balaban J connectivity index is 1.80. The highest BCUT2D eigenvalue weighted by molar-refractivity contribution is 9.10. The number of rotatable bonds is 6. The van der Waals surface area contributed by atoms with E-state index in [1.54, 1.807) is 0 Å². The summed E-state index contributed by atoms with van der Waals surface area (Å²) in [6.45, 7) is 2.71. The van der Waals surface area contributed by atoms with Gasteiger partial charge in [0, 0.05) is 21.2 Å². The van der Waals surface area contributed by atoms with E-state index in [-0.39, 0.29) is 6.61 Å². The molecule has 0 aromatic heterocycles. The summed E-state index contributed by atoms with van der Waals surface area (Å²) >= 11 is 6.84. The first kappa shape index (κ1) is 16.3. The van der Waals surface area contributed by atoms with Gasteiger partial charge in [-0.2, -0.15) is 0 Å². The molecule has 2 aromatic rings. The highest BCUT2D eigenvalue weighted by Gasteiger charge is 2.06. The van der Waals surface area contributed by atoms with Gasteiger partial charge in [0.25, 0.3) is 0 Å². The fraction of sp³-hybridized carbons (Fsp3) is 0.250. The first-order chi connectivity index (χ1) is 10.0. The number of hydrogen-bond donors (Lipinski definition) is 2. The third kappa shape index (κ3) is 5.69. The first-order valence-electron chi connectivity index (χ1n) is 6.60. The standard InChI is InChI=1S/C16H17Br2NO2/c1-11-5-13(18)7-14(6-11)19-9-15(20)10-21-16-4-2-3-12(17)8-16/h2-8,15,19-20H,9-10H2,1H3. The number of aliphatic hydroxyl groups is 1. The molecule has 0 radical (unpaired) electrons. The second kappa shape index (κ2) is 7.82. The van der Waals surface area contributed by atoms with Crippen LogP contribution >= 0.6 is 31.9 Å². The van der Waals surface area contributed by atoms with Crippen molar-refractivity contribution < 1.29 is 9.84 Å². The van der Waals surface area contributed by atoms with Crippen molar-refractivity contribution in [3.05, 3.63) is 57.0 Å². The Hall–Kier alpha value is -1.04. The molecule has 0 spiro atoms. The molecule has 112 valence electrons. The van der Waals surface area contributed by atoms with Crippen molar-refractivity contribution >= 4 is 37.5 Å². The Kier molecular flexibility index (Phi) is 6.08. The Labute approximate surface area is 141 Å². The predicted octanol–water partition coefficient (Wildman–Crippen LogP) is 4.37. The Morgan fingerprint density at radius 2 is 1.95 bits per heavy atom. The Morgan fingerprint density at radius 1 is 1.14 bits per heavy atom.